The van der Waals surface area contributed by atoms with E-state index >= 15 is 0 Å². The van der Waals surface area contributed by atoms with Crippen molar-refractivity contribution in [3.63, 3.8) is 0 Å². The predicted octanol–water partition coefficient (Wildman–Crippen LogP) is 2.21. The van der Waals surface area contributed by atoms with Crippen molar-refractivity contribution in [2.45, 2.75) is 24.8 Å². The highest BCUT2D eigenvalue weighted by molar-refractivity contribution is 5.51. The minimum absolute atomic E-state index is 0.338. The van der Waals surface area contributed by atoms with Gasteiger partial charge in [0, 0.05) is 12.0 Å². The fourth-order valence-electron chi connectivity index (χ4n) is 1.96. The van der Waals surface area contributed by atoms with Crippen LogP contribution in [0.5, 0.6) is 11.5 Å². The highest BCUT2D eigenvalue weighted by atomic mass is 19.3. The summed E-state index contributed by atoms with van der Waals surface area (Å²) in [5, 5.41) is 0. The molecule has 2 N–H and O–H groups in total. The van der Waals surface area contributed by atoms with Crippen molar-refractivity contribution in [3.8, 4) is 11.5 Å². The first-order valence-electron chi connectivity index (χ1n) is 5.25. The second-order valence-corrected chi connectivity index (χ2v) is 4.36. The molecule has 3 nitrogen and oxygen atoms in total. The van der Waals surface area contributed by atoms with Crippen LogP contribution in [0.4, 0.5) is 8.78 Å². The van der Waals surface area contributed by atoms with E-state index < -0.39 is 11.5 Å². The molecule has 1 fully saturated rings. The van der Waals surface area contributed by atoms with Crippen molar-refractivity contribution in [3.05, 3.63) is 23.3 Å². The highest BCUT2D eigenvalue weighted by Gasteiger charge is 2.70. The number of hydrogen-bond donors (Lipinski definition) is 1. The summed E-state index contributed by atoms with van der Waals surface area (Å²) in [5.74, 6) is -1.84. The third-order valence-corrected chi connectivity index (χ3v) is 3.30. The van der Waals surface area contributed by atoms with Crippen molar-refractivity contribution in [1.82, 2.24) is 0 Å². The summed E-state index contributed by atoms with van der Waals surface area (Å²) < 4.78 is 36.7. The average Bonchev–Trinajstić information content (AvgIpc) is 2.79. The molecular formula is C12H15F2NO2. The van der Waals surface area contributed by atoms with Gasteiger partial charge in [-0.15, -0.1) is 0 Å². The molecule has 0 radical (unpaired) electrons. The fourth-order valence-corrected chi connectivity index (χ4v) is 1.96. The van der Waals surface area contributed by atoms with Crippen LogP contribution < -0.4 is 15.2 Å². The first kappa shape index (κ1) is 12.1. The van der Waals surface area contributed by atoms with Crippen LogP contribution in [0, 0.1) is 6.92 Å². The first-order valence-corrected chi connectivity index (χ1v) is 5.25. The Bertz CT molecular complexity index is 437. The number of halogens is 2. The largest absolute Gasteiger partial charge is 0.496 e. The molecule has 0 heterocycles. The molecule has 1 aromatic carbocycles. The van der Waals surface area contributed by atoms with E-state index in [0.717, 1.165) is 5.56 Å². The fraction of sp³-hybridized carbons (Fsp3) is 0.500. The summed E-state index contributed by atoms with van der Waals surface area (Å²) in [6.07, 6.45) is -0.338. The second kappa shape index (κ2) is 3.57. The molecule has 1 aliphatic rings. The van der Waals surface area contributed by atoms with Gasteiger partial charge in [-0.3, -0.25) is 0 Å². The molecule has 0 aromatic heterocycles. The van der Waals surface area contributed by atoms with E-state index in [4.69, 9.17) is 15.2 Å². The average molecular weight is 243 g/mol. The van der Waals surface area contributed by atoms with Crippen LogP contribution >= 0.6 is 0 Å². The van der Waals surface area contributed by atoms with Crippen molar-refractivity contribution in [2.75, 3.05) is 14.2 Å². The van der Waals surface area contributed by atoms with E-state index in [1.54, 1.807) is 19.1 Å². The molecule has 1 atom stereocenters. The zero-order valence-electron chi connectivity index (χ0n) is 10.0. The summed E-state index contributed by atoms with van der Waals surface area (Å²) >= 11 is 0. The molecule has 1 aromatic rings. The van der Waals surface area contributed by atoms with Crippen LogP contribution in [-0.4, -0.2) is 20.1 Å². The number of hydrogen-bond acceptors (Lipinski definition) is 3. The molecule has 0 amide bonds. The first-order chi connectivity index (χ1) is 7.85. The van der Waals surface area contributed by atoms with E-state index in [1.165, 1.54) is 14.2 Å². The van der Waals surface area contributed by atoms with Crippen molar-refractivity contribution >= 4 is 0 Å². The standard InChI is InChI=1S/C12H15F2NO2/c1-7-9(16-2)4-8(5-10(7)17-3)11(15)6-12(11,13)14/h4-5H,6,15H2,1-3H3. The Labute approximate surface area is 98.5 Å². The molecule has 17 heavy (non-hydrogen) atoms. The maximum Gasteiger partial charge on any atom is 0.272 e. The van der Waals surface area contributed by atoms with Gasteiger partial charge < -0.3 is 15.2 Å². The van der Waals surface area contributed by atoms with Gasteiger partial charge in [0.15, 0.2) is 0 Å². The van der Waals surface area contributed by atoms with Gasteiger partial charge >= 0.3 is 0 Å². The highest BCUT2D eigenvalue weighted by Crippen LogP contribution is 2.58. The molecular weight excluding hydrogens is 228 g/mol. The molecule has 2 rings (SSSR count). The van der Waals surface area contributed by atoms with Gasteiger partial charge in [-0.05, 0) is 24.6 Å². The third-order valence-electron chi connectivity index (χ3n) is 3.30. The molecule has 0 saturated heterocycles. The topological polar surface area (TPSA) is 44.5 Å². The zero-order chi connectivity index (χ0) is 12.8. The summed E-state index contributed by atoms with van der Waals surface area (Å²) in [6, 6.07) is 3.11. The number of ether oxygens (including phenoxy) is 2. The lowest BCUT2D eigenvalue weighted by molar-refractivity contribution is 0.0890. The Kier molecular flexibility index (Phi) is 2.54. The summed E-state index contributed by atoms with van der Waals surface area (Å²) in [4.78, 5) is 0. The Hall–Kier alpha value is -1.36. The lowest BCUT2D eigenvalue weighted by atomic mass is 10.0. The molecule has 1 aliphatic carbocycles. The van der Waals surface area contributed by atoms with Gasteiger partial charge in [0.1, 0.15) is 17.0 Å². The number of benzene rings is 1. The van der Waals surface area contributed by atoms with E-state index in [-0.39, 0.29) is 6.42 Å². The van der Waals surface area contributed by atoms with Gasteiger partial charge in [-0.2, -0.15) is 0 Å². The Balaban J connectivity index is 2.50. The van der Waals surface area contributed by atoms with Crippen LogP contribution in [0.2, 0.25) is 0 Å². The van der Waals surface area contributed by atoms with Crippen LogP contribution in [0.1, 0.15) is 17.5 Å². The van der Waals surface area contributed by atoms with Gasteiger partial charge in [-0.1, -0.05) is 0 Å². The lowest BCUT2D eigenvalue weighted by Crippen LogP contribution is -2.27. The van der Waals surface area contributed by atoms with E-state index in [0.29, 0.717) is 17.1 Å². The van der Waals surface area contributed by atoms with Crippen LogP contribution in [-0.2, 0) is 5.54 Å². The quantitative estimate of drug-likeness (QED) is 0.885. The number of methoxy groups -OCH3 is 2. The molecule has 0 spiro atoms. The maximum atomic E-state index is 13.2. The van der Waals surface area contributed by atoms with E-state index in [2.05, 4.69) is 0 Å². The summed E-state index contributed by atoms with van der Waals surface area (Å²) in [7, 11) is 2.97. The van der Waals surface area contributed by atoms with Crippen LogP contribution in [0.25, 0.3) is 0 Å². The van der Waals surface area contributed by atoms with Crippen LogP contribution in [0.15, 0.2) is 12.1 Å². The van der Waals surface area contributed by atoms with Crippen LogP contribution in [0.3, 0.4) is 0 Å². The second-order valence-electron chi connectivity index (χ2n) is 4.36. The maximum absolute atomic E-state index is 13.2. The predicted molar refractivity (Wildman–Crippen MR) is 59.7 cm³/mol. The molecule has 0 bridgehead atoms. The summed E-state index contributed by atoms with van der Waals surface area (Å²) in [6.45, 7) is 1.80. The van der Waals surface area contributed by atoms with Crippen molar-refractivity contribution < 1.29 is 18.3 Å². The minimum Gasteiger partial charge on any atom is -0.496 e. The van der Waals surface area contributed by atoms with Gasteiger partial charge in [0.2, 0.25) is 0 Å². The van der Waals surface area contributed by atoms with E-state index in [1.807, 2.05) is 0 Å². The molecule has 0 aliphatic heterocycles. The van der Waals surface area contributed by atoms with Crippen molar-refractivity contribution in [2.24, 2.45) is 5.73 Å². The van der Waals surface area contributed by atoms with E-state index in [9.17, 15) is 8.78 Å². The molecule has 94 valence electrons. The number of rotatable bonds is 3. The van der Waals surface area contributed by atoms with Gasteiger partial charge in [0.05, 0.1) is 14.2 Å². The Morgan fingerprint density at radius 1 is 1.18 bits per heavy atom. The SMILES string of the molecule is COc1cc(C2(N)CC2(F)F)cc(OC)c1C. The smallest absolute Gasteiger partial charge is 0.272 e. The number of nitrogens with two attached hydrogens (primary N) is 1. The minimum atomic E-state index is -2.85. The van der Waals surface area contributed by atoms with Gasteiger partial charge in [-0.25, -0.2) is 8.78 Å². The molecule has 1 saturated carbocycles. The Morgan fingerprint density at radius 3 is 1.88 bits per heavy atom. The lowest BCUT2D eigenvalue weighted by Gasteiger charge is -2.16. The Morgan fingerprint density at radius 2 is 1.59 bits per heavy atom. The zero-order valence-corrected chi connectivity index (χ0v) is 10.0. The monoisotopic (exact) mass is 243 g/mol. The normalized spacial score (nSPS) is 25.5. The molecule has 1 unspecified atom stereocenters. The molecule has 5 heteroatoms. The third kappa shape index (κ3) is 1.65. The number of alkyl halides is 2. The summed E-state index contributed by atoms with van der Waals surface area (Å²) in [5.41, 5.74) is 5.22. The van der Waals surface area contributed by atoms with Crippen molar-refractivity contribution in [1.29, 1.82) is 0 Å². The van der Waals surface area contributed by atoms with Gasteiger partial charge in [0.25, 0.3) is 5.92 Å².